The number of hydrogen-bond donors (Lipinski definition) is 2. The summed E-state index contributed by atoms with van der Waals surface area (Å²) in [6.45, 7) is 0. The second-order valence-electron chi connectivity index (χ2n) is 3.99. The smallest absolute Gasteiger partial charge is 0.257 e. The summed E-state index contributed by atoms with van der Waals surface area (Å²) in [7, 11) is 3.29. The van der Waals surface area contributed by atoms with Crippen LogP contribution in [-0.4, -0.2) is 25.0 Å². The van der Waals surface area contributed by atoms with Crippen molar-refractivity contribution in [3.63, 3.8) is 0 Å². The predicted molar refractivity (Wildman–Crippen MR) is 79.7 cm³/mol. The third-order valence-electron chi connectivity index (χ3n) is 2.69. The van der Waals surface area contributed by atoms with Crippen molar-refractivity contribution in [2.45, 2.75) is 0 Å². The van der Waals surface area contributed by atoms with E-state index < -0.39 is 0 Å². The molecule has 20 heavy (non-hydrogen) atoms. The van der Waals surface area contributed by atoms with E-state index in [4.69, 9.17) is 16.3 Å². The fraction of sp³-hybridized carbons (Fsp3) is 0.143. The Hall–Kier alpha value is -2.27. The Bertz CT molecular complexity index is 614. The molecule has 1 heterocycles. The van der Waals surface area contributed by atoms with Crippen molar-refractivity contribution in [2.24, 2.45) is 0 Å². The van der Waals surface area contributed by atoms with Gasteiger partial charge in [-0.25, -0.2) is 4.98 Å². The van der Waals surface area contributed by atoms with E-state index in [-0.39, 0.29) is 5.91 Å². The van der Waals surface area contributed by atoms with Gasteiger partial charge < -0.3 is 15.4 Å². The highest BCUT2D eigenvalue weighted by Gasteiger charge is 2.08. The molecule has 1 aromatic carbocycles. The number of pyridine rings is 1. The highest BCUT2D eigenvalue weighted by atomic mass is 35.5. The third kappa shape index (κ3) is 3.19. The highest BCUT2D eigenvalue weighted by Crippen LogP contribution is 2.27. The number of hydrogen-bond acceptors (Lipinski definition) is 4. The molecule has 2 rings (SSSR count). The third-order valence-corrected chi connectivity index (χ3v) is 3.00. The van der Waals surface area contributed by atoms with Crippen LogP contribution in [-0.2, 0) is 0 Å². The first-order valence-corrected chi connectivity index (χ1v) is 6.30. The van der Waals surface area contributed by atoms with E-state index in [1.165, 1.54) is 13.3 Å². The molecule has 0 fully saturated rings. The number of aromatic nitrogens is 1. The zero-order chi connectivity index (χ0) is 14.5. The summed E-state index contributed by atoms with van der Waals surface area (Å²) in [6, 6.07) is 8.46. The summed E-state index contributed by atoms with van der Waals surface area (Å²) < 4.78 is 5.10. The Morgan fingerprint density at radius 2 is 2.10 bits per heavy atom. The monoisotopic (exact) mass is 291 g/mol. The summed E-state index contributed by atoms with van der Waals surface area (Å²) in [5.41, 5.74) is 1.08. The summed E-state index contributed by atoms with van der Waals surface area (Å²) in [5, 5.41) is 6.14. The molecule has 0 aliphatic carbocycles. The van der Waals surface area contributed by atoms with Gasteiger partial charge in [0.1, 0.15) is 11.6 Å². The van der Waals surface area contributed by atoms with Crippen molar-refractivity contribution in [3.05, 3.63) is 47.1 Å². The SMILES string of the molecule is CNc1ccc(C(=O)Nc2ccc(Cl)c(OC)c2)cn1. The number of halogens is 1. The van der Waals surface area contributed by atoms with Gasteiger partial charge in [0, 0.05) is 25.0 Å². The van der Waals surface area contributed by atoms with E-state index in [9.17, 15) is 4.79 Å². The Morgan fingerprint density at radius 1 is 1.30 bits per heavy atom. The largest absolute Gasteiger partial charge is 0.495 e. The van der Waals surface area contributed by atoms with Gasteiger partial charge in [0.25, 0.3) is 5.91 Å². The van der Waals surface area contributed by atoms with E-state index in [0.717, 1.165) is 0 Å². The molecule has 104 valence electrons. The Balaban J connectivity index is 2.14. The molecule has 0 bridgehead atoms. The number of carbonyl (C=O) groups is 1. The number of carbonyl (C=O) groups excluding carboxylic acids is 1. The van der Waals surface area contributed by atoms with Crippen molar-refractivity contribution in [1.29, 1.82) is 0 Å². The van der Waals surface area contributed by atoms with Crippen LogP contribution >= 0.6 is 11.6 Å². The Labute approximate surface area is 121 Å². The van der Waals surface area contributed by atoms with Crippen LogP contribution in [0.5, 0.6) is 5.75 Å². The molecule has 0 saturated carbocycles. The number of ether oxygens (including phenoxy) is 1. The van der Waals surface area contributed by atoms with Gasteiger partial charge in [0.2, 0.25) is 0 Å². The standard InChI is InChI=1S/C14H14ClN3O2/c1-16-13-6-3-9(8-17-13)14(19)18-10-4-5-11(15)12(7-10)20-2/h3-8H,1-2H3,(H,16,17)(H,18,19). The lowest BCUT2D eigenvalue weighted by atomic mass is 10.2. The van der Waals surface area contributed by atoms with E-state index in [1.807, 2.05) is 0 Å². The predicted octanol–water partition coefficient (Wildman–Crippen LogP) is 3.04. The molecule has 0 spiro atoms. The first-order valence-electron chi connectivity index (χ1n) is 5.92. The number of amides is 1. The molecule has 0 unspecified atom stereocenters. The fourth-order valence-corrected chi connectivity index (χ4v) is 1.81. The average Bonchev–Trinajstić information content (AvgIpc) is 2.49. The number of benzene rings is 1. The summed E-state index contributed by atoms with van der Waals surface area (Å²) in [5.74, 6) is 0.965. The maximum absolute atomic E-state index is 12.1. The van der Waals surface area contributed by atoms with Gasteiger partial charge in [-0.1, -0.05) is 11.6 Å². The molecule has 1 amide bonds. The fourth-order valence-electron chi connectivity index (χ4n) is 1.62. The highest BCUT2D eigenvalue weighted by molar-refractivity contribution is 6.32. The molecule has 0 aliphatic rings. The van der Waals surface area contributed by atoms with Gasteiger partial charge in [0.05, 0.1) is 17.7 Å². The lowest BCUT2D eigenvalue weighted by molar-refractivity contribution is 0.102. The molecular formula is C14H14ClN3O2. The molecule has 1 aromatic heterocycles. The van der Waals surface area contributed by atoms with Crippen LogP contribution in [0.25, 0.3) is 0 Å². The second kappa shape index (κ2) is 6.25. The molecule has 0 radical (unpaired) electrons. The molecule has 0 aliphatic heterocycles. The van der Waals surface area contributed by atoms with Crippen molar-refractivity contribution in [1.82, 2.24) is 4.98 Å². The normalized spacial score (nSPS) is 9.95. The minimum Gasteiger partial charge on any atom is -0.495 e. The summed E-state index contributed by atoms with van der Waals surface area (Å²) in [6.07, 6.45) is 1.51. The van der Waals surface area contributed by atoms with Crippen molar-refractivity contribution < 1.29 is 9.53 Å². The van der Waals surface area contributed by atoms with Crippen LogP contribution < -0.4 is 15.4 Å². The number of nitrogens with zero attached hydrogens (tertiary/aromatic N) is 1. The quantitative estimate of drug-likeness (QED) is 0.909. The van der Waals surface area contributed by atoms with Crippen LogP contribution in [0.2, 0.25) is 5.02 Å². The molecule has 0 atom stereocenters. The van der Waals surface area contributed by atoms with Crippen LogP contribution in [0.15, 0.2) is 36.5 Å². The zero-order valence-electron chi connectivity index (χ0n) is 11.1. The maximum Gasteiger partial charge on any atom is 0.257 e. The average molecular weight is 292 g/mol. The maximum atomic E-state index is 12.1. The van der Waals surface area contributed by atoms with Crippen LogP contribution in [0, 0.1) is 0 Å². The van der Waals surface area contributed by atoms with E-state index in [1.54, 1.807) is 37.4 Å². The Kier molecular flexibility index (Phi) is 4.42. The zero-order valence-corrected chi connectivity index (χ0v) is 11.9. The lowest BCUT2D eigenvalue weighted by Crippen LogP contribution is -2.12. The van der Waals surface area contributed by atoms with Gasteiger partial charge in [-0.05, 0) is 24.3 Å². The molecule has 0 saturated heterocycles. The topological polar surface area (TPSA) is 63.2 Å². The van der Waals surface area contributed by atoms with Crippen molar-refractivity contribution in [2.75, 3.05) is 24.8 Å². The van der Waals surface area contributed by atoms with Crippen molar-refractivity contribution >= 4 is 29.0 Å². The lowest BCUT2D eigenvalue weighted by Gasteiger charge is -2.08. The van der Waals surface area contributed by atoms with Gasteiger partial charge in [0.15, 0.2) is 0 Å². The summed E-state index contributed by atoms with van der Waals surface area (Å²) >= 11 is 5.93. The van der Waals surface area contributed by atoms with Gasteiger partial charge in [-0.15, -0.1) is 0 Å². The van der Waals surface area contributed by atoms with E-state index in [0.29, 0.717) is 27.8 Å². The van der Waals surface area contributed by atoms with E-state index in [2.05, 4.69) is 15.6 Å². The van der Waals surface area contributed by atoms with Crippen LogP contribution in [0.3, 0.4) is 0 Å². The van der Waals surface area contributed by atoms with Gasteiger partial charge in [-0.2, -0.15) is 0 Å². The minimum absolute atomic E-state index is 0.246. The van der Waals surface area contributed by atoms with Crippen LogP contribution in [0.1, 0.15) is 10.4 Å². The first kappa shape index (κ1) is 14.1. The second-order valence-corrected chi connectivity index (χ2v) is 4.39. The van der Waals surface area contributed by atoms with Crippen molar-refractivity contribution in [3.8, 4) is 5.75 Å². The van der Waals surface area contributed by atoms with Crippen LogP contribution in [0.4, 0.5) is 11.5 Å². The number of nitrogens with one attached hydrogen (secondary N) is 2. The summed E-state index contributed by atoms with van der Waals surface area (Å²) in [4.78, 5) is 16.1. The number of rotatable bonds is 4. The molecule has 5 nitrogen and oxygen atoms in total. The number of anilines is 2. The Morgan fingerprint density at radius 3 is 2.70 bits per heavy atom. The minimum atomic E-state index is -0.246. The van der Waals surface area contributed by atoms with Gasteiger partial charge in [-0.3, -0.25) is 4.79 Å². The molecule has 2 N–H and O–H groups in total. The van der Waals surface area contributed by atoms with E-state index >= 15 is 0 Å². The number of methoxy groups -OCH3 is 1. The molecular weight excluding hydrogens is 278 g/mol. The first-order chi connectivity index (χ1) is 9.63. The molecule has 2 aromatic rings. The van der Waals surface area contributed by atoms with Gasteiger partial charge >= 0.3 is 0 Å². The molecule has 6 heteroatoms.